The molecule has 0 unspecified atom stereocenters. The summed E-state index contributed by atoms with van der Waals surface area (Å²) in [6.45, 7) is 12.1. The number of carboxylic acids is 1. The molecule has 0 saturated carbocycles. The van der Waals surface area contributed by atoms with Crippen LogP contribution in [-0.4, -0.2) is 11.1 Å². The molecule has 0 amide bonds. The second-order valence-corrected chi connectivity index (χ2v) is 11.4. The number of carboxylic acid groups (broad SMARTS) is 1. The Labute approximate surface area is 274 Å². The van der Waals surface area contributed by atoms with Gasteiger partial charge in [0.25, 0.3) is 0 Å². The molecule has 0 aromatic heterocycles. The summed E-state index contributed by atoms with van der Waals surface area (Å²) in [5.41, 5.74) is 6.49. The lowest BCUT2D eigenvalue weighted by Gasteiger charge is -2.19. The standard InChI is InChI=1S/C32H31NO3.C8H7F3/c1-5-23-11-13-25(14-12-23)29-19-30(32(34)35)31(20-28(29)21(2)3)33-22(4)24-15-17-27(18-16-24)36-26-9-7-6-8-10-26;1-6-3-2-4-7(5-6)8(9,10)11/h6-21,33H,4-5H2,1-3H3,(H,34,35);2-5H,1H3. The van der Waals surface area contributed by atoms with Crippen LogP contribution in [0.5, 0.6) is 11.5 Å². The number of benzene rings is 5. The average Bonchev–Trinajstić information content (AvgIpc) is 3.05. The van der Waals surface area contributed by atoms with E-state index in [1.54, 1.807) is 19.1 Å². The van der Waals surface area contributed by atoms with Gasteiger partial charge in [-0.3, -0.25) is 0 Å². The molecule has 0 aliphatic carbocycles. The number of hydrogen-bond acceptors (Lipinski definition) is 3. The highest BCUT2D eigenvalue weighted by molar-refractivity contribution is 5.98. The first-order valence-electron chi connectivity index (χ1n) is 15.3. The van der Waals surface area contributed by atoms with Crippen LogP contribution in [0.4, 0.5) is 18.9 Å². The number of anilines is 1. The van der Waals surface area contributed by atoms with Crippen LogP contribution in [-0.2, 0) is 12.6 Å². The highest BCUT2D eigenvalue weighted by Gasteiger charge is 2.30. The van der Waals surface area contributed by atoms with Crippen molar-refractivity contribution < 1.29 is 27.8 Å². The molecule has 0 bridgehead atoms. The molecule has 47 heavy (non-hydrogen) atoms. The fraction of sp³-hybridized carbons (Fsp3) is 0.175. The van der Waals surface area contributed by atoms with E-state index in [-0.39, 0.29) is 11.5 Å². The number of aryl methyl sites for hydroxylation is 2. The number of nitrogens with one attached hydrogen (secondary N) is 1. The first-order valence-corrected chi connectivity index (χ1v) is 15.3. The van der Waals surface area contributed by atoms with E-state index in [0.29, 0.717) is 22.7 Å². The molecule has 0 spiro atoms. The number of aromatic carboxylic acids is 1. The molecule has 5 aromatic carbocycles. The number of carbonyl (C=O) groups is 1. The van der Waals surface area contributed by atoms with E-state index < -0.39 is 17.7 Å². The third-order valence-electron chi connectivity index (χ3n) is 7.53. The van der Waals surface area contributed by atoms with Crippen molar-refractivity contribution >= 4 is 17.4 Å². The number of para-hydroxylation sites is 1. The zero-order chi connectivity index (χ0) is 34.1. The van der Waals surface area contributed by atoms with E-state index >= 15 is 0 Å². The van der Waals surface area contributed by atoms with Gasteiger partial charge < -0.3 is 15.2 Å². The van der Waals surface area contributed by atoms with Crippen molar-refractivity contribution in [2.45, 2.75) is 46.2 Å². The van der Waals surface area contributed by atoms with Crippen LogP contribution in [0, 0.1) is 6.92 Å². The first kappa shape index (κ1) is 34.6. The average molecular weight is 638 g/mol. The Balaban J connectivity index is 0.000000385. The van der Waals surface area contributed by atoms with Crippen molar-refractivity contribution in [1.82, 2.24) is 0 Å². The van der Waals surface area contributed by atoms with Gasteiger partial charge in [-0.25, -0.2) is 4.79 Å². The SMILES string of the molecule is C=C(Nc1cc(C(C)C)c(-c2ccc(CC)cc2)cc1C(=O)O)c1ccc(Oc2ccccc2)cc1.Cc1cccc(C(F)(F)F)c1. The fourth-order valence-electron chi connectivity index (χ4n) is 4.95. The summed E-state index contributed by atoms with van der Waals surface area (Å²) in [5.74, 6) is 0.694. The minimum atomic E-state index is -4.22. The summed E-state index contributed by atoms with van der Waals surface area (Å²) in [5, 5.41) is 13.3. The van der Waals surface area contributed by atoms with Gasteiger partial charge in [-0.05, 0) is 102 Å². The van der Waals surface area contributed by atoms with E-state index in [1.165, 1.54) is 11.6 Å². The van der Waals surface area contributed by atoms with E-state index in [2.05, 4.69) is 56.9 Å². The van der Waals surface area contributed by atoms with Gasteiger partial charge in [0.1, 0.15) is 11.5 Å². The topological polar surface area (TPSA) is 58.6 Å². The quantitative estimate of drug-likeness (QED) is 0.169. The maximum absolute atomic E-state index is 12.2. The molecular formula is C40H38F3NO3. The van der Waals surface area contributed by atoms with Crippen LogP contribution in [0.3, 0.4) is 0 Å². The molecule has 0 atom stereocenters. The third-order valence-corrected chi connectivity index (χ3v) is 7.53. The molecule has 0 aliphatic rings. The Morgan fingerprint density at radius 3 is 2.02 bits per heavy atom. The van der Waals surface area contributed by atoms with E-state index in [9.17, 15) is 23.1 Å². The normalized spacial score (nSPS) is 11.0. The molecule has 0 heterocycles. The largest absolute Gasteiger partial charge is 0.478 e. The van der Waals surface area contributed by atoms with Crippen LogP contribution in [0.1, 0.15) is 64.9 Å². The summed E-state index contributed by atoms with van der Waals surface area (Å²) >= 11 is 0. The summed E-state index contributed by atoms with van der Waals surface area (Å²) in [6, 6.07) is 34.4. The second kappa shape index (κ2) is 15.3. The van der Waals surface area contributed by atoms with Crippen molar-refractivity contribution in [2.24, 2.45) is 0 Å². The Hall–Kier alpha value is -5.30. The minimum absolute atomic E-state index is 0.205. The lowest BCUT2D eigenvalue weighted by molar-refractivity contribution is -0.137. The van der Waals surface area contributed by atoms with E-state index in [4.69, 9.17) is 4.74 Å². The van der Waals surface area contributed by atoms with Crippen molar-refractivity contribution in [1.29, 1.82) is 0 Å². The third kappa shape index (κ3) is 9.36. The van der Waals surface area contributed by atoms with Gasteiger partial charge in [-0.15, -0.1) is 0 Å². The molecule has 5 rings (SSSR count). The highest BCUT2D eigenvalue weighted by Crippen LogP contribution is 2.36. The van der Waals surface area contributed by atoms with Crippen LogP contribution >= 0.6 is 0 Å². The molecule has 0 aliphatic heterocycles. The molecule has 2 N–H and O–H groups in total. The van der Waals surface area contributed by atoms with Crippen LogP contribution in [0.25, 0.3) is 16.8 Å². The Morgan fingerprint density at radius 2 is 1.49 bits per heavy atom. The van der Waals surface area contributed by atoms with Crippen molar-refractivity contribution in [3.8, 4) is 22.6 Å². The Kier molecular flexibility index (Phi) is 11.3. The summed E-state index contributed by atoms with van der Waals surface area (Å²) < 4.78 is 41.8. The highest BCUT2D eigenvalue weighted by atomic mass is 19.4. The summed E-state index contributed by atoms with van der Waals surface area (Å²) in [4.78, 5) is 12.2. The maximum atomic E-state index is 12.2. The number of rotatable bonds is 9. The minimum Gasteiger partial charge on any atom is -0.478 e. The van der Waals surface area contributed by atoms with Gasteiger partial charge >= 0.3 is 12.1 Å². The molecule has 0 fully saturated rings. The van der Waals surface area contributed by atoms with Crippen LogP contribution in [0.2, 0.25) is 0 Å². The monoisotopic (exact) mass is 637 g/mol. The predicted octanol–water partition coefficient (Wildman–Crippen LogP) is 11.6. The number of halogens is 3. The molecule has 242 valence electrons. The molecule has 5 aromatic rings. The van der Waals surface area contributed by atoms with Crippen LogP contribution < -0.4 is 10.1 Å². The lowest BCUT2D eigenvalue weighted by Crippen LogP contribution is -2.08. The fourth-order valence-corrected chi connectivity index (χ4v) is 4.95. The smallest absolute Gasteiger partial charge is 0.416 e. The molecule has 7 heteroatoms. The van der Waals surface area contributed by atoms with E-state index in [0.717, 1.165) is 46.6 Å². The number of alkyl halides is 3. The van der Waals surface area contributed by atoms with Gasteiger partial charge in [0, 0.05) is 5.70 Å². The summed E-state index contributed by atoms with van der Waals surface area (Å²) in [7, 11) is 0. The predicted molar refractivity (Wildman–Crippen MR) is 184 cm³/mol. The van der Waals surface area contributed by atoms with Gasteiger partial charge in [0.05, 0.1) is 16.8 Å². The Bertz CT molecular complexity index is 1810. The van der Waals surface area contributed by atoms with E-state index in [1.807, 2.05) is 60.7 Å². The summed E-state index contributed by atoms with van der Waals surface area (Å²) in [6.07, 6.45) is -3.26. The van der Waals surface area contributed by atoms with Gasteiger partial charge in [0.15, 0.2) is 0 Å². The molecule has 4 nitrogen and oxygen atoms in total. The maximum Gasteiger partial charge on any atom is 0.416 e. The van der Waals surface area contributed by atoms with Crippen LogP contribution in [0.15, 0.2) is 122 Å². The van der Waals surface area contributed by atoms with Gasteiger partial charge in [-0.2, -0.15) is 13.2 Å². The second-order valence-electron chi connectivity index (χ2n) is 11.4. The number of hydrogen-bond donors (Lipinski definition) is 2. The zero-order valence-corrected chi connectivity index (χ0v) is 26.9. The van der Waals surface area contributed by atoms with Crippen molar-refractivity contribution in [2.75, 3.05) is 5.32 Å². The number of ether oxygens (including phenoxy) is 1. The Morgan fingerprint density at radius 1 is 0.851 bits per heavy atom. The molecule has 0 saturated heterocycles. The van der Waals surface area contributed by atoms with Crippen molar-refractivity contribution in [3.63, 3.8) is 0 Å². The first-order chi connectivity index (χ1) is 22.3. The van der Waals surface area contributed by atoms with Gasteiger partial charge in [0.2, 0.25) is 0 Å². The molecular weight excluding hydrogens is 599 g/mol. The lowest BCUT2D eigenvalue weighted by atomic mass is 9.89. The van der Waals surface area contributed by atoms with Gasteiger partial charge in [-0.1, -0.05) is 93.6 Å². The zero-order valence-electron chi connectivity index (χ0n) is 26.9. The van der Waals surface area contributed by atoms with Crippen molar-refractivity contribution in [3.05, 3.63) is 155 Å². The molecule has 0 radical (unpaired) electrons.